The number of benzene rings is 1. The molecule has 2 unspecified atom stereocenters. The Morgan fingerprint density at radius 2 is 1.85 bits per heavy atom. The van der Waals surface area contributed by atoms with Crippen molar-refractivity contribution < 1.29 is 27.4 Å². The second kappa shape index (κ2) is 8.53. The molecule has 3 aliphatic rings. The monoisotopic (exact) mass is 465 g/mol. The average molecular weight is 465 g/mol. The maximum absolute atomic E-state index is 12.7. The highest BCUT2D eigenvalue weighted by Gasteiger charge is 2.39. The zero-order valence-corrected chi connectivity index (χ0v) is 18.1. The predicted molar refractivity (Wildman–Crippen MR) is 113 cm³/mol. The van der Waals surface area contributed by atoms with Gasteiger partial charge in [-0.1, -0.05) is 12.1 Å². The Morgan fingerprint density at radius 1 is 1.15 bits per heavy atom. The Kier molecular flexibility index (Phi) is 5.69. The van der Waals surface area contributed by atoms with E-state index in [9.17, 15) is 18.0 Å². The Labute approximate surface area is 189 Å². The Balaban J connectivity index is 1.21. The van der Waals surface area contributed by atoms with Crippen LogP contribution in [0, 0.1) is 0 Å². The molecule has 0 saturated carbocycles. The van der Waals surface area contributed by atoms with Gasteiger partial charge >= 0.3 is 6.36 Å². The van der Waals surface area contributed by atoms with Crippen molar-refractivity contribution in [3.8, 4) is 5.75 Å². The van der Waals surface area contributed by atoms with Gasteiger partial charge in [-0.2, -0.15) is 0 Å². The molecular formula is C22H26F3N5O3. The maximum atomic E-state index is 12.7. The van der Waals surface area contributed by atoms with Gasteiger partial charge in [0.2, 0.25) is 0 Å². The number of nitrogens with zero attached hydrogens (tertiary/aromatic N) is 3. The number of imidazole rings is 1. The fourth-order valence-corrected chi connectivity index (χ4v) is 4.73. The van der Waals surface area contributed by atoms with Gasteiger partial charge in [0.1, 0.15) is 23.4 Å². The van der Waals surface area contributed by atoms with Gasteiger partial charge in [0.15, 0.2) is 0 Å². The number of fused-ring (bicyclic) bond motifs is 1. The molecule has 2 N–H and O–H groups in total. The van der Waals surface area contributed by atoms with Gasteiger partial charge in [0.05, 0.1) is 6.20 Å². The summed E-state index contributed by atoms with van der Waals surface area (Å²) < 4.78 is 48.3. The SMILES string of the molecule is CC(C1NC(=O)c2cnc(C3CCOCC3)n2N1)N1CC(c2ccc(OC(F)(F)F)cc2)C1. The van der Waals surface area contributed by atoms with Crippen LogP contribution in [0.2, 0.25) is 0 Å². The molecule has 1 aromatic carbocycles. The second-order valence-electron chi connectivity index (χ2n) is 8.81. The molecule has 178 valence electrons. The Hall–Kier alpha value is -2.79. The van der Waals surface area contributed by atoms with Crippen LogP contribution in [0.15, 0.2) is 30.5 Å². The third-order valence-corrected chi connectivity index (χ3v) is 6.72. The minimum Gasteiger partial charge on any atom is -0.406 e. The number of aromatic nitrogens is 2. The molecule has 2 fully saturated rings. The van der Waals surface area contributed by atoms with Crippen molar-refractivity contribution in [2.75, 3.05) is 31.7 Å². The lowest BCUT2D eigenvalue weighted by Gasteiger charge is -2.47. The first-order valence-electron chi connectivity index (χ1n) is 11.1. The summed E-state index contributed by atoms with van der Waals surface area (Å²) in [6, 6.07) is 6.04. The van der Waals surface area contributed by atoms with Crippen LogP contribution < -0.4 is 15.5 Å². The average Bonchev–Trinajstić information content (AvgIpc) is 3.18. The Morgan fingerprint density at radius 3 is 2.52 bits per heavy atom. The minimum absolute atomic E-state index is 0.0103. The zero-order valence-electron chi connectivity index (χ0n) is 18.1. The van der Waals surface area contributed by atoms with Gasteiger partial charge in [-0.3, -0.25) is 9.69 Å². The predicted octanol–water partition coefficient (Wildman–Crippen LogP) is 2.78. The molecule has 1 aromatic heterocycles. The molecule has 8 nitrogen and oxygen atoms in total. The van der Waals surface area contributed by atoms with Crippen molar-refractivity contribution in [2.24, 2.45) is 0 Å². The van der Waals surface area contributed by atoms with Crippen LogP contribution in [0.25, 0.3) is 0 Å². The number of likely N-dealkylation sites (tertiary alicyclic amines) is 1. The highest BCUT2D eigenvalue weighted by molar-refractivity contribution is 5.93. The fraction of sp³-hybridized carbons (Fsp3) is 0.545. The first kappa shape index (κ1) is 22.0. The molecule has 2 atom stereocenters. The molecule has 2 saturated heterocycles. The molecule has 11 heteroatoms. The highest BCUT2D eigenvalue weighted by Crippen LogP contribution is 2.32. The van der Waals surface area contributed by atoms with Gasteiger partial charge in [-0.25, -0.2) is 9.66 Å². The summed E-state index contributed by atoms with van der Waals surface area (Å²) in [7, 11) is 0. The number of amides is 1. The van der Waals surface area contributed by atoms with E-state index in [-0.39, 0.29) is 35.7 Å². The van der Waals surface area contributed by atoms with Crippen LogP contribution in [0.3, 0.4) is 0 Å². The summed E-state index contributed by atoms with van der Waals surface area (Å²) in [5, 5.41) is 3.02. The van der Waals surface area contributed by atoms with E-state index in [0.29, 0.717) is 18.9 Å². The molecule has 0 aliphatic carbocycles. The topological polar surface area (TPSA) is 80.6 Å². The summed E-state index contributed by atoms with van der Waals surface area (Å²) in [6.45, 7) is 4.93. The van der Waals surface area contributed by atoms with Crippen molar-refractivity contribution in [2.45, 2.75) is 50.2 Å². The van der Waals surface area contributed by atoms with Gasteiger partial charge in [-0.15, -0.1) is 13.2 Å². The van der Waals surface area contributed by atoms with E-state index in [1.807, 2.05) is 11.6 Å². The normalized spacial score (nSPS) is 23.3. The molecule has 2 aromatic rings. The van der Waals surface area contributed by atoms with E-state index in [1.165, 1.54) is 12.1 Å². The highest BCUT2D eigenvalue weighted by atomic mass is 19.4. The van der Waals surface area contributed by atoms with E-state index in [2.05, 4.69) is 25.4 Å². The van der Waals surface area contributed by atoms with Crippen LogP contribution in [-0.4, -0.2) is 65.3 Å². The lowest BCUT2D eigenvalue weighted by atomic mass is 9.89. The number of nitrogens with one attached hydrogen (secondary N) is 2. The van der Waals surface area contributed by atoms with Crippen molar-refractivity contribution in [1.82, 2.24) is 19.9 Å². The molecule has 0 bridgehead atoms. The smallest absolute Gasteiger partial charge is 0.406 e. The van der Waals surface area contributed by atoms with Crippen LogP contribution >= 0.6 is 0 Å². The van der Waals surface area contributed by atoms with E-state index >= 15 is 0 Å². The molecule has 3 aliphatic heterocycles. The first-order valence-corrected chi connectivity index (χ1v) is 11.1. The van der Waals surface area contributed by atoms with Crippen molar-refractivity contribution >= 4 is 5.91 Å². The largest absolute Gasteiger partial charge is 0.573 e. The van der Waals surface area contributed by atoms with Crippen LogP contribution in [0.1, 0.15) is 53.5 Å². The summed E-state index contributed by atoms with van der Waals surface area (Å²) in [4.78, 5) is 19.4. The molecule has 1 amide bonds. The van der Waals surface area contributed by atoms with Gasteiger partial charge in [-0.05, 0) is 37.5 Å². The molecule has 5 rings (SSSR count). The standard InChI is InChI=1S/C22H26F3N5O3/c1-13(29-11-16(12-29)14-2-4-17(5-3-14)33-22(23,24)25)19-27-21(31)18-10-26-20(30(18)28-19)15-6-8-32-9-7-15/h2-5,10,13,15-16,19,28H,6-9,11-12H2,1H3,(H,27,31). The van der Waals surface area contributed by atoms with Crippen LogP contribution in [-0.2, 0) is 4.74 Å². The maximum Gasteiger partial charge on any atom is 0.573 e. The van der Waals surface area contributed by atoms with Crippen molar-refractivity contribution in [1.29, 1.82) is 0 Å². The third-order valence-electron chi connectivity index (χ3n) is 6.72. The van der Waals surface area contributed by atoms with Crippen molar-refractivity contribution in [3.05, 3.63) is 47.5 Å². The van der Waals surface area contributed by atoms with Crippen LogP contribution in [0.5, 0.6) is 5.75 Å². The molecule has 0 radical (unpaired) electrons. The summed E-state index contributed by atoms with van der Waals surface area (Å²) in [5.74, 6) is 0.950. The minimum atomic E-state index is -4.69. The molecule has 0 spiro atoms. The molecular weight excluding hydrogens is 439 g/mol. The number of alkyl halides is 3. The zero-order chi connectivity index (χ0) is 23.2. The fourth-order valence-electron chi connectivity index (χ4n) is 4.73. The van der Waals surface area contributed by atoms with E-state index in [4.69, 9.17) is 4.74 Å². The summed E-state index contributed by atoms with van der Waals surface area (Å²) in [5.41, 5.74) is 4.89. The number of rotatable bonds is 5. The van der Waals surface area contributed by atoms with Crippen LogP contribution in [0.4, 0.5) is 13.2 Å². The van der Waals surface area contributed by atoms with Gasteiger partial charge in [0, 0.05) is 44.2 Å². The lowest BCUT2D eigenvalue weighted by molar-refractivity contribution is -0.274. The quantitative estimate of drug-likeness (QED) is 0.707. The summed E-state index contributed by atoms with van der Waals surface area (Å²) >= 11 is 0. The lowest BCUT2D eigenvalue weighted by Crippen LogP contribution is -2.63. The third kappa shape index (κ3) is 4.51. The summed E-state index contributed by atoms with van der Waals surface area (Å²) in [6.07, 6.45) is -1.62. The van der Waals surface area contributed by atoms with E-state index < -0.39 is 6.36 Å². The van der Waals surface area contributed by atoms with Gasteiger partial charge in [0.25, 0.3) is 5.91 Å². The Bertz CT molecular complexity index is 998. The molecule has 4 heterocycles. The van der Waals surface area contributed by atoms with E-state index in [0.717, 1.165) is 37.3 Å². The number of hydrogen-bond donors (Lipinski definition) is 2. The second-order valence-corrected chi connectivity index (χ2v) is 8.81. The number of ether oxygens (including phenoxy) is 2. The number of carbonyl (C=O) groups is 1. The number of halogens is 3. The van der Waals surface area contributed by atoms with Crippen molar-refractivity contribution in [3.63, 3.8) is 0 Å². The molecule has 33 heavy (non-hydrogen) atoms. The van der Waals surface area contributed by atoms with E-state index in [1.54, 1.807) is 18.3 Å². The number of carbonyl (C=O) groups excluding carboxylic acids is 1. The van der Waals surface area contributed by atoms with Gasteiger partial charge < -0.3 is 20.2 Å². The number of hydrogen-bond acceptors (Lipinski definition) is 6. The first-order chi connectivity index (χ1) is 15.8.